The second kappa shape index (κ2) is 28.1. The number of unbranched alkanes of at least 4 members (excludes halogenated alkanes) is 29. The number of epoxide rings is 1. The minimum absolute atomic E-state index is 0.563. The Labute approximate surface area is 248 Å². The van der Waals surface area contributed by atoms with Crippen molar-refractivity contribution in [3.8, 4) is 0 Å². The molecule has 0 amide bonds. The van der Waals surface area contributed by atoms with Crippen LogP contribution in [0.15, 0.2) is 0 Å². The summed E-state index contributed by atoms with van der Waals surface area (Å²) in [5.74, 6) is 0. The first-order valence-electron chi connectivity index (χ1n) is 18.6. The lowest BCUT2D eigenvalue weighted by Crippen LogP contribution is -2.43. The lowest BCUT2D eigenvalue weighted by atomic mass is 10.0. The molecule has 0 aromatic heterocycles. The molecule has 1 fully saturated rings. The van der Waals surface area contributed by atoms with Crippen LogP contribution in [-0.2, 0) is 4.74 Å². The van der Waals surface area contributed by atoms with Gasteiger partial charge in [-0.05, 0) is 12.8 Å². The molecule has 0 radical (unpaired) electrons. The van der Waals surface area contributed by atoms with Crippen molar-refractivity contribution >= 4 is 0 Å². The molecule has 1 atom stereocenters. The van der Waals surface area contributed by atoms with Crippen molar-refractivity contribution in [1.82, 2.24) is 0 Å². The third kappa shape index (κ3) is 29.2. The fourth-order valence-electron chi connectivity index (χ4n) is 6.38. The lowest BCUT2D eigenvalue weighted by Gasteiger charge is -2.29. The van der Waals surface area contributed by atoms with Gasteiger partial charge in [0.15, 0.2) is 0 Å². The number of ether oxygens (including phenoxy) is 1. The molecular formula is C37H76NO+. The molecule has 39 heavy (non-hydrogen) atoms. The maximum absolute atomic E-state index is 5.40. The quantitative estimate of drug-likeness (QED) is 0.0449. The van der Waals surface area contributed by atoms with Crippen LogP contribution in [0.4, 0.5) is 0 Å². The van der Waals surface area contributed by atoms with Crippen LogP contribution >= 0.6 is 0 Å². The van der Waals surface area contributed by atoms with Crippen LogP contribution in [-0.4, -0.2) is 44.4 Å². The zero-order valence-corrected chi connectivity index (χ0v) is 27.8. The van der Waals surface area contributed by atoms with E-state index < -0.39 is 0 Å². The van der Waals surface area contributed by atoms with Gasteiger partial charge in [-0.3, -0.25) is 0 Å². The number of nitrogens with zero attached hydrogens (tertiary/aromatic N) is 1. The van der Waals surface area contributed by atoms with E-state index in [-0.39, 0.29) is 0 Å². The minimum Gasteiger partial charge on any atom is -0.367 e. The highest BCUT2D eigenvalue weighted by Crippen LogP contribution is 2.18. The second-order valence-electron chi connectivity index (χ2n) is 14.1. The van der Waals surface area contributed by atoms with Crippen LogP contribution in [0.3, 0.4) is 0 Å². The summed E-state index contributed by atoms with van der Waals surface area (Å²) in [6.07, 6.45) is 44.7. The summed E-state index contributed by atoms with van der Waals surface area (Å²) in [5, 5.41) is 0. The highest BCUT2D eigenvalue weighted by Gasteiger charge is 2.30. The summed E-state index contributed by atoms with van der Waals surface area (Å²) in [4.78, 5) is 0. The number of rotatable bonds is 33. The van der Waals surface area contributed by atoms with Crippen molar-refractivity contribution in [3.63, 3.8) is 0 Å². The predicted molar refractivity (Wildman–Crippen MR) is 176 cm³/mol. The Hall–Kier alpha value is -0.0800. The summed E-state index contributed by atoms with van der Waals surface area (Å²) in [6, 6.07) is 0. The fourth-order valence-corrected chi connectivity index (χ4v) is 6.38. The summed E-state index contributed by atoms with van der Waals surface area (Å²) in [7, 11) is 4.73. The van der Waals surface area contributed by atoms with Gasteiger partial charge in [0, 0.05) is 0 Å². The Balaban J connectivity index is 1.62. The van der Waals surface area contributed by atoms with Crippen LogP contribution in [0.2, 0.25) is 0 Å². The van der Waals surface area contributed by atoms with Crippen molar-refractivity contribution < 1.29 is 9.22 Å². The van der Waals surface area contributed by atoms with Gasteiger partial charge in [-0.1, -0.05) is 187 Å². The molecule has 1 heterocycles. The van der Waals surface area contributed by atoms with Gasteiger partial charge in [0.1, 0.15) is 12.6 Å². The average molecular weight is 551 g/mol. The summed E-state index contributed by atoms with van der Waals surface area (Å²) >= 11 is 0. The Bertz CT molecular complexity index is 472. The molecule has 0 saturated carbocycles. The maximum Gasteiger partial charge on any atom is 0.130 e. The first kappa shape index (κ1) is 36.9. The van der Waals surface area contributed by atoms with E-state index >= 15 is 0 Å². The van der Waals surface area contributed by atoms with Crippen molar-refractivity contribution in [3.05, 3.63) is 0 Å². The normalized spacial score (nSPS) is 15.3. The Morgan fingerprint density at radius 3 is 0.872 bits per heavy atom. The van der Waals surface area contributed by atoms with Crippen molar-refractivity contribution in [2.45, 2.75) is 206 Å². The first-order chi connectivity index (χ1) is 19.1. The van der Waals surface area contributed by atoms with Gasteiger partial charge in [-0.2, -0.15) is 0 Å². The van der Waals surface area contributed by atoms with Crippen LogP contribution in [0, 0.1) is 0 Å². The van der Waals surface area contributed by atoms with E-state index in [0.717, 1.165) is 11.1 Å². The molecule has 1 aliphatic heterocycles. The Morgan fingerprint density at radius 1 is 0.410 bits per heavy atom. The number of hydrogen-bond acceptors (Lipinski definition) is 1. The van der Waals surface area contributed by atoms with Gasteiger partial charge >= 0.3 is 0 Å². The first-order valence-corrected chi connectivity index (χ1v) is 18.6. The standard InChI is InChI=1S/C37H76NO/c1-4-5-6-7-8-9-10-11-12-13-14-15-16-17-18-19-20-21-22-23-24-25-26-27-28-29-30-31-32-33-34-38(2,3)35-37-36-39-37/h37H,4-36H2,1-3H3/q+1. The highest BCUT2D eigenvalue weighted by atomic mass is 16.6. The van der Waals surface area contributed by atoms with E-state index in [1.165, 1.54) is 206 Å². The molecule has 0 bridgehead atoms. The number of hydrogen-bond donors (Lipinski definition) is 0. The molecule has 1 aliphatic rings. The molecule has 0 aliphatic carbocycles. The topological polar surface area (TPSA) is 12.5 Å². The fraction of sp³-hybridized carbons (Fsp3) is 1.00. The SMILES string of the molecule is CCCCCCCCCCCCCCCCCCCCCCCCCCCCCCCC[N+](C)(C)CC1CO1. The van der Waals surface area contributed by atoms with E-state index in [0.29, 0.717) is 6.10 Å². The predicted octanol–water partition coefficient (Wildman–Crippen LogP) is 12.2. The molecule has 2 heteroatoms. The third-order valence-electron chi connectivity index (χ3n) is 9.22. The molecule has 0 N–H and O–H groups in total. The van der Waals surface area contributed by atoms with E-state index in [4.69, 9.17) is 4.74 Å². The van der Waals surface area contributed by atoms with E-state index in [1.54, 1.807) is 0 Å². The van der Waals surface area contributed by atoms with E-state index in [1.807, 2.05) is 0 Å². The van der Waals surface area contributed by atoms with Crippen molar-refractivity contribution in [1.29, 1.82) is 0 Å². The second-order valence-corrected chi connectivity index (χ2v) is 14.1. The van der Waals surface area contributed by atoms with Gasteiger partial charge in [0.2, 0.25) is 0 Å². The van der Waals surface area contributed by atoms with E-state index in [2.05, 4.69) is 21.0 Å². The van der Waals surface area contributed by atoms with Crippen LogP contribution in [0.25, 0.3) is 0 Å². The molecule has 1 saturated heterocycles. The molecule has 0 aromatic rings. The third-order valence-corrected chi connectivity index (χ3v) is 9.22. The zero-order chi connectivity index (χ0) is 28.1. The molecule has 1 rings (SSSR count). The maximum atomic E-state index is 5.40. The zero-order valence-electron chi connectivity index (χ0n) is 27.8. The van der Waals surface area contributed by atoms with E-state index in [9.17, 15) is 0 Å². The van der Waals surface area contributed by atoms with Crippen LogP contribution in [0.1, 0.15) is 200 Å². The molecule has 1 unspecified atom stereocenters. The molecule has 0 spiro atoms. The summed E-state index contributed by atoms with van der Waals surface area (Å²) in [5.41, 5.74) is 0. The molecule has 0 aromatic carbocycles. The van der Waals surface area contributed by atoms with Gasteiger partial charge < -0.3 is 9.22 Å². The average Bonchev–Trinajstić information content (AvgIpc) is 3.73. The van der Waals surface area contributed by atoms with Gasteiger partial charge in [0.25, 0.3) is 0 Å². The van der Waals surface area contributed by atoms with Crippen molar-refractivity contribution in [2.24, 2.45) is 0 Å². The van der Waals surface area contributed by atoms with Crippen LogP contribution in [0.5, 0.6) is 0 Å². The van der Waals surface area contributed by atoms with Crippen molar-refractivity contribution in [2.75, 3.05) is 33.8 Å². The summed E-state index contributed by atoms with van der Waals surface area (Å²) < 4.78 is 6.54. The smallest absolute Gasteiger partial charge is 0.130 e. The van der Waals surface area contributed by atoms with Gasteiger partial charge in [0.05, 0.1) is 27.2 Å². The molecule has 2 nitrogen and oxygen atoms in total. The Kier molecular flexibility index (Phi) is 26.6. The van der Waals surface area contributed by atoms with Gasteiger partial charge in [-0.25, -0.2) is 0 Å². The highest BCUT2D eigenvalue weighted by molar-refractivity contribution is 4.67. The monoisotopic (exact) mass is 551 g/mol. The van der Waals surface area contributed by atoms with Gasteiger partial charge in [-0.15, -0.1) is 0 Å². The molecule has 234 valence electrons. The summed E-state index contributed by atoms with van der Waals surface area (Å²) in [6.45, 7) is 5.84. The number of quaternary nitrogens is 1. The largest absolute Gasteiger partial charge is 0.367 e. The minimum atomic E-state index is 0.563. The van der Waals surface area contributed by atoms with Crippen LogP contribution < -0.4 is 0 Å². The Morgan fingerprint density at radius 2 is 0.641 bits per heavy atom. The lowest BCUT2D eigenvalue weighted by molar-refractivity contribution is -0.891. The number of likely N-dealkylation sites (N-methyl/N-ethyl adjacent to an activating group) is 1. The molecular weight excluding hydrogens is 474 g/mol.